The van der Waals surface area contributed by atoms with Crippen LogP contribution in [0, 0.1) is 5.41 Å². The van der Waals surface area contributed by atoms with Crippen molar-refractivity contribution in [2.75, 3.05) is 13.6 Å². The fourth-order valence-electron chi connectivity index (χ4n) is 1.23. The fourth-order valence-corrected chi connectivity index (χ4v) is 1.23. The molecule has 1 saturated heterocycles. The van der Waals surface area contributed by atoms with Gasteiger partial charge in [0, 0.05) is 26.1 Å². The van der Waals surface area contributed by atoms with Crippen LogP contribution in [-0.2, 0) is 4.79 Å². The highest BCUT2D eigenvalue weighted by Gasteiger charge is 2.22. The van der Waals surface area contributed by atoms with Gasteiger partial charge < -0.3 is 15.3 Å². The Morgan fingerprint density at radius 2 is 2.58 bits per heavy atom. The predicted octanol–water partition coefficient (Wildman–Crippen LogP) is -0.310. The zero-order valence-electron chi connectivity index (χ0n) is 7.00. The number of guanidine groups is 1. The molecule has 0 radical (unpaired) electrons. The molecule has 1 heterocycles. The molecular weight excluding hydrogens is 158 g/mol. The van der Waals surface area contributed by atoms with Crippen LogP contribution < -0.4 is 5.32 Å². The summed E-state index contributed by atoms with van der Waals surface area (Å²) in [6.07, 6.45) is 0.751. The molecule has 5 nitrogen and oxygen atoms in total. The van der Waals surface area contributed by atoms with Crippen molar-refractivity contribution in [2.24, 2.45) is 0 Å². The fraction of sp³-hybridized carbons (Fsp3) is 0.714. The lowest BCUT2D eigenvalue weighted by molar-refractivity contribution is -0.137. The summed E-state index contributed by atoms with van der Waals surface area (Å²) in [4.78, 5) is 12.0. The van der Waals surface area contributed by atoms with E-state index in [2.05, 4.69) is 5.32 Å². The average Bonchev–Trinajstić information content (AvgIpc) is 2.28. The Balaban J connectivity index is 2.28. The molecule has 1 rings (SSSR count). The Hall–Kier alpha value is -1.26. The highest BCUT2D eigenvalue weighted by atomic mass is 16.4. The quantitative estimate of drug-likeness (QED) is 0.544. The zero-order chi connectivity index (χ0) is 9.14. The van der Waals surface area contributed by atoms with E-state index in [-0.39, 0.29) is 12.5 Å². The highest BCUT2D eigenvalue weighted by molar-refractivity contribution is 5.79. The first-order valence-corrected chi connectivity index (χ1v) is 3.87. The number of nitrogens with one attached hydrogen (secondary N) is 2. The summed E-state index contributed by atoms with van der Waals surface area (Å²) in [5, 5.41) is 18.7. The number of carboxylic acid groups (broad SMARTS) is 1. The number of hydrogen-bond acceptors (Lipinski definition) is 2. The summed E-state index contributed by atoms with van der Waals surface area (Å²) in [6.45, 7) is 0.728. The van der Waals surface area contributed by atoms with Crippen molar-refractivity contribution >= 4 is 11.9 Å². The molecule has 1 aliphatic rings. The predicted molar refractivity (Wildman–Crippen MR) is 44.2 cm³/mol. The zero-order valence-corrected chi connectivity index (χ0v) is 7.00. The molecule has 12 heavy (non-hydrogen) atoms. The molecule has 0 aromatic rings. The molecule has 1 atom stereocenters. The van der Waals surface area contributed by atoms with Crippen molar-refractivity contribution in [1.82, 2.24) is 10.2 Å². The lowest BCUT2D eigenvalue weighted by atomic mass is 10.2. The molecule has 0 spiro atoms. The van der Waals surface area contributed by atoms with E-state index in [4.69, 9.17) is 10.5 Å². The van der Waals surface area contributed by atoms with Crippen molar-refractivity contribution < 1.29 is 9.90 Å². The largest absolute Gasteiger partial charge is 0.481 e. The Morgan fingerprint density at radius 1 is 1.92 bits per heavy atom. The van der Waals surface area contributed by atoms with E-state index in [0.717, 1.165) is 6.54 Å². The Morgan fingerprint density at radius 3 is 3.00 bits per heavy atom. The van der Waals surface area contributed by atoms with E-state index in [9.17, 15) is 4.79 Å². The lowest BCUT2D eigenvalue weighted by Crippen LogP contribution is -2.28. The summed E-state index contributed by atoms with van der Waals surface area (Å²) >= 11 is 0. The molecule has 0 saturated carbocycles. The molecule has 5 heteroatoms. The van der Waals surface area contributed by atoms with Crippen LogP contribution in [0.5, 0.6) is 0 Å². The Bertz CT molecular complexity index is 205. The Labute approximate surface area is 70.9 Å². The second-order valence-corrected chi connectivity index (χ2v) is 3.00. The maximum absolute atomic E-state index is 10.2. The van der Waals surface area contributed by atoms with Crippen molar-refractivity contribution in [3.05, 3.63) is 0 Å². The van der Waals surface area contributed by atoms with Gasteiger partial charge in [-0.2, -0.15) is 0 Å². The monoisotopic (exact) mass is 171 g/mol. The minimum atomic E-state index is -0.780. The van der Waals surface area contributed by atoms with Gasteiger partial charge in [-0.1, -0.05) is 0 Å². The third-order valence-electron chi connectivity index (χ3n) is 1.92. The average molecular weight is 171 g/mol. The summed E-state index contributed by atoms with van der Waals surface area (Å²) in [6, 6.07) is 0.124. The molecule has 1 fully saturated rings. The minimum Gasteiger partial charge on any atom is -0.481 e. The molecule has 3 N–H and O–H groups in total. The molecular formula is C7H13N3O2. The van der Waals surface area contributed by atoms with Crippen LogP contribution in [0.4, 0.5) is 0 Å². The summed E-state index contributed by atoms with van der Waals surface area (Å²) < 4.78 is 0. The third kappa shape index (κ3) is 2.11. The van der Waals surface area contributed by atoms with Crippen LogP contribution in [0.25, 0.3) is 0 Å². The van der Waals surface area contributed by atoms with E-state index in [1.807, 2.05) is 7.05 Å². The number of nitrogens with zero attached hydrogens (tertiary/aromatic N) is 1. The van der Waals surface area contributed by atoms with Crippen molar-refractivity contribution in [3.8, 4) is 0 Å². The second-order valence-electron chi connectivity index (χ2n) is 3.00. The first kappa shape index (κ1) is 8.83. The first-order valence-electron chi connectivity index (χ1n) is 3.87. The van der Waals surface area contributed by atoms with E-state index in [1.165, 1.54) is 0 Å². The van der Waals surface area contributed by atoms with Gasteiger partial charge >= 0.3 is 5.97 Å². The van der Waals surface area contributed by atoms with E-state index < -0.39 is 5.97 Å². The lowest BCUT2D eigenvalue weighted by Gasteiger charge is -2.06. The van der Waals surface area contributed by atoms with Gasteiger partial charge in [0.2, 0.25) is 0 Å². The van der Waals surface area contributed by atoms with Crippen LogP contribution in [0.1, 0.15) is 12.8 Å². The summed E-state index contributed by atoms with van der Waals surface area (Å²) in [5.41, 5.74) is 0. The smallest absolute Gasteiger partial charge is 0.303 e. The van der Waals surface area contributed by atoms with Gasteiger partial charge in [-0.05, 0) is 6.42 Å². The van der Waals surface area contributed by atoms with Gasteiger partial charge in [0.05, 0.1) is 0 Å². The van der Waals surface area contributed by atoms with Gasteiger partial charge in [-0.3, -0.25) is 10.2 Å². The maximum atomic E-state index is 10.2. The third-order valence-corrected chi connectivity index (χ3v) is 1.92. The van der Waals surface area contributed by atoms with Gasteiger partial charge in [0.15, 0.2) is 5.96 Å². The van der Waals surface area contributed by atoms with Crippen molar-refractivity contribution in [3.63, 3.8) is 0 Å². The van der Waals surface area contributed by atoms with Gasteiger partial charge in [0.1, 0.15) is 0 Å². The second kappa shape index (κ2) is 3.42. The van der Waals surface area contributed by atoms with Crippen LogP contribution in [0.2, 0.25) is 0 Å². The van der Waals surface area contributed by atoms with Gasteiger partial charge in [-0.15, -0.1) is 0 Å². The Kier molecular flexibility index (Phi) is 2.52. The number of aliphatic carboxylic acids is 1. The van der Waals surface area contributed by atoms with E-state index >= 15 is 0 Å². The first-order chi connectivity index (χ1) is 5.59. The molecule has 1 unspecified atom stereocenters. The van der Waals surface area contributed by atoms with Crippen LogP contribution >= 0.6 is 0 Å². The molecule has 68 valence electrons. The molecule has 0 aromatic heterocycles. The minimum absolute atomic E-state index is 0.124. The van der Waals surface area contributed by atoms with Crippen molar-refractivity contribution in [1.29, 1.82) is 5.41 Å². The molecule has 0 bridgehead atoms. The van der Waals surface area contributed by atoms with E-state index in [0.29, 0.717) is 12.4 Å². The standard InChI is InChI=1S/C7H13N3O2/c1-10-4-5(9-7(10)8)2-3-6(11)12/h5H,2-4H2,1H3,(H2,8,9)(H,11,12). The molecule has 0 aliphatic carbocycles. The highest BCUT2D eigenvalue weighted by Crippen LogP contribution is 2.05. The van der Waals surface area contributed by atoms with Crippen LogP contribution in [-0.4, -0.2) is 41.6 Å². The van der Waals surface area contributed by atoms with Gasteiger partial charge in [0.25, 0.3) is 0 Å². The number of hydrogen-bond donors (Lipinski definition) is 3. The molecule has 0 amide bonds. The summed E-state index contributed by atoms with van der Waals surface area (Å²) in [5.74, 6) is -0.400. The van der Waals surface area contributed by atoms with Crippen LogP contribution in [0.15, 0.2) is 0 Å². The molecule has 0 aromatic carbocycles. The number of carboxylic acids is 1. The number of rotatable bonds is 3. The maximum Gasteiger partial charge on any atom is 0.303 e. The SMILES string of the molecule is CN1CC(CCC(=O)O)NC1=N. The summed E-state index contributed by atoms with van der Waals surface area (Å²) in [7, 11) is 1.82. The van der Waals surface area contributed by atoms with Crippen LogP contribution in [0.3, 0.4) is 0 Å². The molecule has 1 aliphatic heterocycles. The number of likely N-dealkylation sites (N-methyl/N-ethyl adjacent to an activating group) is 1. The van der Waals surface area contributed by atoms with E-state index in [1.54, 1.807) is 4.90 Å². The number of carbonyl (C=O) groups is 1. The normalized spacial score (nSPS) is 22.6. The van der Waals surface area contributed by atoms with Crippen molar-refractivity contribution in [2.45, 2.75) is 18.9 Å². The van der Waals surface area contributed by atoms with Gasteiger partial charge in [-0.25, -0.2) is 0 Å². The topological polar surface area (TPSA) is 76.4 Å².